The maximum atomic E-state index is 12.2. The van der Waals surface area contributed by atoms with E-state index in [0.29, 0.717) is 11.6 Å². The number of nitrogens with zero attached hydrogens (tertiary/aromatic N) is 1. The summed E-state index contributed by atoms with van der Waals surface area (Å²) in [6.07, 6.45) is 2.90. The van der Waals surface area contributed by atoms with Crippen molar-refractivity contribution in [3.8, 4) is 5.75 Å². The average Bonchev–Trinajstić information content (AvgIpc) is 2.51. The van der Waals surface area contributed by atoms with E-state index in [0.717, 1.165) is 44.6 Å². The first-order valence-corrected chi connectivity index (χ1v) is 7.88. The van der Waals surface area contributed by atoms with Gasteiger partial charge in [-0.05, 0) is 44.0 Å². The van der Waals surface area contributed by atoms with Crippen LogP contribution < -0.4 is 10.1 Å². The van der Waals surface area contributed by atoms with E-state index >= 15 is 0 Å². The van der Waals surface area contributed by atoms with Gasteiger partial charge in [-0.15, -0.1) is 0 Å². The first kappa shape index (κ1) is 16.1. The molecule has 1 aliphatic heterocycles. The molecule has 1 fully saturated rings. The Morgan fingerprint density at radius 3 is 3.10 bits per heavy atom. The first-order valence-electron chi connectivity index (χ1n) is 7.51. The molecule has 2 rings (SSSR count). The zero-order chi connectivity index (χ0) is 15.1. The van der Waals surface area contributed by atoms with Gasteiger partial charge in [0.2, 0.25) is 5.91 Å². The highest BCUT2D eigenvalue weighted by Gasteiger charge is 2.23. The fraction of sp³-hybridized carbons (Fsp3) is 0.562. The molecule has 1 aromatic rings. The quantitative estimate of drug-likeness (QED) is 0.821. The van der Waals surface area contributed by atoms with Crippen molar-refractivity contribution in [2.45, 2.75) is 19.3 Å². The molecule has 4 nitrogen and oxygen atoms in total. The SMILES string of the molecule is CN(CCCOc1cccc(Cl)c1)C(=O)C1CCCNC1. The molecule has 1 heterocycles. The van der Waals surface area contributed by atoms with Crippen LogP contribution in [0.1, 0.15) is 19.3 Å². The van der Waals surface area contributed by atoms with Gasteiger partial charge in [0.25, 0.3) is 0 Å². The van der Waals surface area contributed by atoms with Crippen LogP contribution in [0.2, 0.25) is 5.02 Å². The standard InChI is InChI=1S/C16H23ClN2O2/c1-19(16(20)13-5-3-8-18-12-13)9-4-10-21-15-7-2-6-14(17)11-15/h2,6-7,11,13,18H,3-5,8-10,12H2,1H3. The molecule has 1 saturated heterocycles. The van der Waals surface area contributed by atoms with Gasteiger partial charge in [0.05, 0.1) is 12.5 Å². The third-order valence-corrected chi connectivity index (χ3v) is 3.96. The topological polar surface area (TPSA) is 41.6 Å². The molecular weight excluding hydrogens is 288 g/mol. The second-order valence-electron chi connectivity index (χ2n) is 5.46. The predicted molar refractivity (Wildman–Crippen MR) is 84.8 cm³/mol. The van der Waals surface area contributed by atoms with Crippen LogP contribution in [0.4, 0.5) is 0 Å². The Labute approximate surface area is 131 Å². The number of halogens is 1. The molecular formula is C16H23ClN2O2. The van der Waals surface area contributed by atoms with E-state index < -0.39 is 0 Å². The summed E-state index contributed by atoms with van der Waals surface area (Å²) in [4.78, 5) is 14.1. The Bertz CT molecular complexity index is 461. The molecule has 1 unspecified atom stereocenters. The Balaban J connectivity index is 1.66. The zero-order valence-electron chi connectivity index (χ0n) is 12.5. The van der Waals surface area contributed by atoms with Crippen molar-refractivity contribution in [1.82, 2.24) is 10.2 Å². The third kappa shape index (κ3) is 5.21. The number of hydrogen-bond acceptors (Lipinski definition) is 3. The number of nitrogens with one attached hydrogen (secondary N) is 1. The molecule has 5 heteroatoms. The van der Waals surface area contributed by atoms with Crippen LogP contribution in [0.5, 0.6) is 5.75 Å². The summed E-state index contributed by atoms with van der Waals surface area (Å²) in [6, 6.07) is 7.36. The molecule has 21 heavy (non-hydrogen) atoms. The van der Waals surface area contributed by atoms with E-state index in [1.165, 1.54) is 0 Å². The lowest BCUT2D eigenvalue weighted by Crippen LogP contribution is -2.41. The summed E-state index contributed by atoms with van der Waals surface area (Å²) in [5.74, 6) is 1.15. The Morgan fingerprint density at radius 1 is 1.52 bits per heavy atom. The van der Waals surface area contributed by atoms with Crippen molar-refractivity contribution in [2.75, 3.05) is 33.3 Å². The Kier molecular flexibility index (Phi) is 6.33. The van der Waals surface area contributed by atoms with E-state index in [2.05, 4.69) is 5.32 Å². The lowest BCUT2D eigenvalue weighted by Gasteiger charge is -2.27. The van der Waals surface area contributed by atoms with Crippen LogP contribution in [-0.4, -0.2) is 44.1 Å². The fourth-order valence-electron chi connectivity index (χ4n) is 2.53. The van der Waals surface area contributed by atoms with Crippen LogP contribution >= 0.6 is 11.6 Å². The fourth-order valence-corrected chi connectivity index (χ4v) is 2.71. The van der Waals surface area contributed by atoms with Crippen LogP contribution in [0.15, 0.2) is 24.3 Å². The highest BCUT2D eigenvalue weighted by atomic mass is 35.5. The normalized spacial score (nSPS) is 18.3. The third-order valence-electron chi connectivity index (χ3n) is 3.73. The summed E-state index contributed by atoms with van der Waals surface area (Å²) >= 11 is 5.90. The molecule has 0 radical (unpaired) electrons. The minimum Gasteiger partial charge on any atom is -0.493 e. The van der Waals surface area contributed by atoms with Crippen LogP contribution in [0.25, 0.3) is 0 Å². The minimum atomic E-state index is 0.137. The van der Waals surface area contributed by atoms with Gasteiger partial charge >= 0.3 is 0 Å². The van der Waals surface area contributed by atoms with Gasteiger partial charge in [0.1, 0.15) is 5.75 Å². The van der Waals surface area contributed by atoms with E-state index in [1.807, 2.05) is 30.1 Å². The van der Waals surface area contributed by atoms with E-state index in [-0.39, 0.29) is 11.8 Å². The lowest BCUT2D eigenvalue weighted by atomic mass is 9.98. The van der Waals surface area contributed by atoms with Gasteiger partial charge in [0, 0.05) is 25.2 Å². The highest BCUT2D eigenvalue weighted by molar-refractivity contribution is 6.30. The molecule has 116 valence electrons. The summed E-state index contributed by atoms with van der Waals surface area (Å²) in [7, 11) is 1.87. The second kappa shape index (κ2) is 8.25. The van der Waals surface area contributed by atoms with Crippen molar-refractivity contribution in [3.05, 3.63) is 29.3 Å². The maximum absolute atomic E-state index is 12.2. The van der Waals surface area contributed by atoms with Gasteiger partial charge in [-0.3, -0.25) is 4.79 Å². The number of carbonyl (C=O) groups is 1. The van der Waals surface area contributed by atoms with E-state index in [4.69, 9.17) is 16.3 Å². The Morgan fingerprint density at radius 2 is 2.38 bits per heavy atom. The second-order valence-corrected chi connectivity index (χ2v) is 5.90. The number of carbonyl (C=O) groups excluding carboxylic acids is 1. The number of piperidine rings is 1. The molecule has 0 spiro atoms. The summed E-state index contributed by atoms with van der Waals surface area (Å²) in [5, 5.41) is 3.95. The lowest BCUT2D eigenvalue weighted by molar-refractivity contribution is -0.134. The molecule has 1 N–H and O–H groups in total. The average molecular weight is 311 g/mol. The maximum Gasteiger partial charge on any atom is 0.226 e. The van der Waals surface area contributed by atoms with Gasteiger partial charge in [-0.1, -0.05) is 17.7 Å². The molecule has 0 aromatic heterocycles. The van der Waals surface area contributed by atoms with Crippen LogP contribution in [-0.2, 0) is 4.79 Å². The smallest absolute Gasteiger partial charge is 0.226 e. The number of hydrogen-bond donors (Lipinski definition) is 1. The van der Waals surface area contributed by atoms with Gasteiger partial charge in [0.15, 0.2) is 0 Å². The monoisotopic (exact) mass is 310 g/mol. The molecule has 1 aromatic carbocycles. The van der Waals surface area contributed by atoms with Crippen molar-refractivity contribution in [1.29, 1.82) is 0 Å². The van der Waals surface area contributed by atoms with Crippen molar-refractivity contribution < 1.29 is 9.53 Å². The summed E-state index contributed by atoms with van der Waals surface area (Å²) < 4.78 is 5.63. The minimum absolute atomic E-state index is 0.137. The van der Waals surface area contributed by atoms with E-state index in [1.54, 1.807) is 6.07 Å². The highest BCUT2D eigenvalue weighted by Crippen LogP contribution is 2.17. The van der Waals surface area contributed by atoms with Crippen LogP contribution in [0.3, 0.4) is 0 Å². The Hall–Kier alpha value is -1.26. The van der Waals surface area contributed by atoms with Gasteiger partial charge in [-0.25, -0.2) is 0 Å². The number of rotatable bonds is 6. The number of ether oxygens (including phenoxy) is 1. The largest absolute Gasteiger partial charge is 0.493 e. The zero-order valence-corrected chi connectivity index (χ0v) is 13.2. The molecule has 1 atom stereocenters. The van der Waals surface area contributed by atoms with Crippen LogP contribution in [0, 0.1) is 5.92 Å². The molecule has 1 aliphatic rings. The van der Waals surface area contributed by atoms with Crippen molar-refractivity contribution in [3.63, 3.8) is 0 Å². The molecule has 0 saturated carbocycles. The molecule has 0 bridgehead atoms. The predicted octanol–water partition coefficient (Wildman–Crippen LogP) is 2.57. The summed E-state index contributed by atoms with van der Waals surface area (Å²) in [6.45, 7) is 3.14. The number of amides is 1. The number of benzene rings is 1. The van der Waals surface area contributed by atoms with Crippen molar-refractivity contribution >= 4 is 17.5 Å². The van der Waals surface area contributed by atoms with Crippen molar-refractivity contribution in [2.24, 2.45) is 5.92 Å². The first-order chi connectivity index (χ1) is 10.2. The summed E-state index contributed by atoms with van der Waals surface area (Å²) in [5.41, 5.74) is 0. The molecule has 0 aliphatic carbocycles. The van der Waals surface area contributed by atoms with Gasteiger partial charge < -0.3 is 15.0 Å². The van der Waals surface area contributed by atoms with Gasteiger partial charge in [-0.2, -0.15) is 0 Å². The van der Waals surface area contributed by atoms with E-state index in [9.17, 15) is 4.79 Å². The molecule has 1 amide bonds.